The van der Waals surface area contributed by atoms with Crippen molar-refractivity contribution in [3.8, 4) is 5.75 Å². The van der Waals surface area contributed by atoms with Crippen molar-refractivity contribution in [2.45, 2.75) is 12.8 Å². The minimum atomic E-state index is -0.339. The molecule has 2 rings (SSSR count). The van der Waals surface area contributed by atoms with Gasteiger partial charge in [0.05, 0.1) is 6.61 Å². The maximum absolute atomic E-state index is 11.7. The molecule has 5 heteroatoms. The summed E-state index contributed by atoms with van der Waals surface area (Å²) < 4.78 is 5.33. The van der Waals surface area contributed by atoms with Crippen molar-refractivity contribution in [1.29, 1.82) is 0 Å². The Bertz CT molecular complexity index is 389. The third kappa shape index (κ3) is 3.17. The molecule has 2 heterocycles. The first-order valence-electron chi connectivity index (χ1n) is 5.77. The van der Waals surface area contributed by atoms with Crippen LogP contribution in [0.5, 0.6) is 5.75 Å². The summed E-state index contributed by atoms with van der Waals surface area (Å²) in [5.41, 5.74) is 0.0734. The van der Waals surface area contributed by atoms with E-state index in [0.29, 0.717) is 19.1 Å². The van der Waals surface area contributed by atoms with Gasteiger partial charge in [-0.1, -0.05) is 0 Å². The third-order valence-electron chi connectivity index (χ3n) is 2.81. The zero-order chi connectivity index (χ0) is 12.1. The molecule has 2 N–H and O–H groups in total. The number of rotatable bonds is 3. The maximum Gasteiger partial charge on any atom is 0.273 e. The van der Waals surface area contributed by atoms with E-state index in [1.165, 1.54) is 12.3 Å². The first-order valence-corrected chi connectivity index (χ1v) is 5.77. The number of nitrogens with one attached hydrogen (secondary N) is 1. The molecule has 0 bridgehead atoms. The summed E-state index contributed by atoms with van der Waals surface area (Å²) in [5, 5.41) is 12.2. The molecule has 92 valence electrons. The average molecular weight is 236 g/mol. The van der Waals surface area contributed by atoms with E-state index in [4.69, 9.17) is 4.74 Å². The van der Waals surface area contributed by atoms with Crippen LogP contribution in [-0.2, 0) is 4.74 Å². The van der Waals surface area contributed by atoms with Crippen molar-refractivity contribution in [2.24, 2.45) is 5.92 Å². The first-order chi connectivity index (χ1) is 8.27. The summed E-state index contributed by atoms with van der Waals surface area (Å²) in [6.45, 7) is 2.06. The summed E-state index contributed by atoms with van der Waals surface area (Å²) >= 11 is 0. The zero-order valence-corrected chi connectivity index (χ0v) is 9.56. The Labute approximate surface area is 99.8 Å². The summed E-state index contributed by atoms with van der Waals surface area (Å²) in [6.07, 6.45) is 3.59. The summed E-state index contributed by atoms with van der Waals surface area (Å²) in [4.78, 5) is 15.6. The summed E-state index contributed by atoms with van der Waals surface area (Å²) in [5.74, 6) is -0.0721. The Morgan fingerprint density at radius 1 is 1.65 bits per heavy atom. The van der Waals surface area contributed by atoms with Crippen LogP contribution in [0.25, 0.3) is 0 Å². The number of amides is 1. The highest BCUT2D eigenvalue weighted by Gasteiger charge is 2.17. The SMILES string of the molecule is O=C(NCC1CCCOC1)c1ncccc1O. The Balaban J connectivity index is 1.87. The number of nitrogens with zero attached hydrogens (tertiary/aromatic N) is 1. The topological polar surface area (TPSA) is 71.5 Å². The standard InChI is InChI=1S/C12H16N2O3/c15-10-4-1-5-13-11(10)12(16)14-7-9-3-2-6-17-8-9/h1,4-5,9,15H,2-3,6-8H2,(H,14,16). The van der Waals surface area contributed by atoms with Gasteiger partial charge in [0.25, 0.3) is 5.91 Å². The van der Waals surface area contributed by atoms with Gasteiger partial charge in [0, 0.05) is 19.3 Å². The second-order valence-corrected chi connectivity index (χ2v) is 4.16. The minimum absolute atomic E-state index is 0.0734. The first kappa shape index (κ1) is 11.9. The van der Waals surface area contributed by atoms with E-state index >= 15 is 0 Å². The lowest BCUT2D eigenvalue weighted by Crippen LogP contribution is -2.33. The number of carbonyl (C=O) groups excluding carboxylic acids is 1. The van der Waals surface area contributed by atoms with E-state index in [0.717, 1.165) is 19.4 Å². The Morgan fingerprint density at radius 3 is 3.24 bits per heavy atom. The van der Waals surface area contributed by atoms with Crippen LogP contribution in [0.4, 0.5) is 0 Å². The molecule has 5 nitrogen and oxygen atoms in total. The zero-order valence-electron chi connectivity index (χ0n) is 9.56. The fraction of sp³-hybridized carbons (Fsp3) is 0.500. The summed E-state index contributed by atoms with van der Waals surface area (Å²) in [7, 11) is 0. The number of ether oxygens (including phenoxy) is 1. The van der Waals surface area contributed by atoms with E-state index in [-0.39, 0.29) is 17.4 Å². The lowest BCUT2D eigenvalue weighted by molar-refractivity contribution is 0.0535. The van der Waals surface area contributed by atoms with Crippen LogP contribution in [0.2, 0.25) is 0 Å². The van der Waals surface area contributed by atoms with E-state index in [2.05, 4.69) is 10.3 Å². The van der Waals surface area contributed by atoms with Gasteiger partial charge in [0.2, 0.25) is 0 Å². The molecular formula is C12H16N2O3. The Kier molecular flexibility index (Phi) is 3.93. The Hall–Kier alpha value is -1.62. The van der Waals surface area contributed by atoms with Crippen molar-refractivity contribution < 1.29 is 14.6 Å². The second-order valence-electron chi connectivity index (χ2n) is 4.16. The van der Waals surface area contributed by atoms with Crippen LogP contribution in [0, 0.1) is 5.92 Å². The fourth-order valence-corrected chi connectivity index (χ4v) is 1.86. The molecule has 1 aliphatic heterocycles. The predicted molar refractivity (Wildman–Crippen MR) is 61.8 cm³/mol. The predicted octanol–water partition coefficient (Wildman–Crippen LogP) is 0.944. The van der Waals surface area contributed by atoms with Gasteiger partial charge in [-0.25, -0.2) is 4.98 Å². The maximum atomic E-state index is 11.7. The fourth-order valence-electron chi connectivity index (χ4n) is 1.86. The molecule has 0 spiro atoms. The van der Waals surface area contributed by atoms with Gasteiger partial charge in [0.15, 0.2) is 5.69 Å². The molecule has 1 fully saturated rings. The molecule has 0 radical (unpaired) electrons. The van der Waals surface area contributed by atoms with Crippen LogP contribution in [0.1, 0.15) is 23.3 Å². The summed E-state index contributed by atoms with van der Waals surface area (Å²) in [6, 6.07) is 3.03. The molecular weight excluding hydrogens is 220 g/mol. The molecule has 1 aliphatic rings. The van der Waals surface area contributed by atoms with E-state index in [1.807, 2.05) is 0 Å². The quantitative estimate of drug-likeness (QED) is 0.819. The second kappa shape index (κ2) is 5.63. The molecule has 1 saturated heterocycles. The van der Waals surface area contributed by atoms with Crippen LogP contribution < -0.4 is 5.32 Å². The van der Waals surface area contributed by atoms with Gasteiger partial charge in [-0.15, -0.1) is 0 Å². The van der Waals surface area contributed by atoms with E-state index in [9.17, 15) is 9.90 Å². The molecule has 17 heavy (non-hydrogen) atoms. The van der Waals surface area contributed by atoms with Gasteiger partial charge >= 0.3 is 0 Å². The van der Waals surface area contributed by atoms with Gasteiger partial charge in [0.1, 0.15) is 5.75 Å². The van der Waals surface area contributed by atoms with Crippen molar-refractivity contribution in [3.05, 3.63) is 24.0 Å². The third-order valence-corrected chi connectivity index (χ3v) is 2.81. The van der Waals surface area contributed by atoms with Gasteiger partial charge in [-0.05, 0) is 30.9 Å². The largest absolute Gasteiger partial charge is 0.505 e. The lowest BCUT2D eigenvalue weighted by atomic mass is 10.0. The lowest BCUT2D eigenvalue weighted by Gasteiger charge is -2.22. The highest BCUT2D eigenvalue weighted by Crippen LogP contribution is 2.14. The Morgan fingerprint density at radius 2 is 2.53 bits per heavy atom. The van der Waals surface area contributed by atoms with Crippen LogP contribution in [0.3, 0.4) is 0 Å². The molecule has 1 aromatic heterocycles. The number of aromatic nitrogens is 1. The van der Waals surface area contributed by atoms with Crippen molar-refractivity contribution in [3.63, 3.8) is 0 Å². The molecule has 0 aliphatic carbocycles. The molecule has 0 aromatic carbocycles. The monoisotopic (exact) mass is 236 g/mol. The molecule has 1 atom stereocenters. The van der Waals surface area contributed by atoms with Crippen LogP contribution >= 0.6 is 0 Å². The normalized spacial score (nSPS) is 19.9. The van der Waals surface area contributed by atoms with E-state index in [1.54, 1.807) is 6.07 Å². The van der Waals surface area contributed by atoms with Crippen molar-refractivity contribution in [1.82, 2.24) is 10.3 Å². The van der Waals surface area contributed by atoms with Gasteiger partial charge < -0.3 is 15.2 Å². The van der Waals surface area contributed by atoms with Crippen molar-refractivity contribution >= 4 is 5.91 Å². The molecule has 1 unspecified atom stereocenters. The highest BCUT2D eigenvalue weighted by atomic mass is 16.5. The number of hydrogen-bond acceptors (Lipinski definition) is 4. The number of carbonyl (C=O) groups is 1. The minimum Gasteiger partial charge on any atom is -0.505 e. The van der Waals surface area contributed by atoms with Crippen LogP contribution in [0.15, 0.2) is 18.3 Å². The molecule has 1 aromatic rings. The molecule has 0 saturated carbocycles. The van der Waals surface area contributed by atoms with Gasteiger partial charge in [-0.2, -0.15) is 0 Å². The van der Waals surface area contributed by atoms with E-state index < -0.39 is 0 Å². The van der Waals surface area contributed by atoms with Crippen LogP contribution in [-0.4, -0.2) is 35.8 Å². The molecule has 1 amide bonds. The van der Waals surface area contributed by atoms with Gasteiger partial charge in [-0.3, -0.25) is 4.79 Å². The highest BCUT2D eigenvalue weighted by molar-refractivity contribution is 5.94. The average Bonchev–Trinajstić information content (AvgIpc) is 2.38. The smallest absolute Gasteiger partial charge is 0.273 e. The number of hydrogen-bond donors (Lipinski definition) is 2. The number of pyridine rings is 1. The van der Waals surface area contributed by atoms with Crippen molar-refractivity contribution in [2.75, 3.05) is 19.8 Å². The number of aromatic hydroxyl groups is 1.